The van der Waals surface area contributed by atoms with Crippen molar-refractivity contribution in [1.82, 2.24) is 4.98 Å². The molecule has 1 rings (SSSR count). The van der Waals surface area contributed by atoms with Crippen LogP contribution in [0.25, 0.3) is 0 Å². The number of aromatic nitrogens is 1. The van der Waals surface area contributed by atoms with Crippen LogP contribution in [0.4, 0.5) is 0 Å². The summed E-state index contributed by atoms with van der Waals surface area (Å²) >= 11 is 3.23. The number of ether oxygens (including phenoxy) is 1. The van der Waals surface area contributed by atoms with Crippen LogP contribution in [0.1, 0.15) is 16.8 Å². The Morgan fingerprint density at radius 3 is 2.54 bits per heavy atom. The standard InChI is InChI=1S/C9H9BrN2O/c1-5-7(4-11)9(10)12-6(2)8(5)13-3/h1-3H3. The van der Waals surface area contributed by atoms with Gasteiger partial charge < -0.3 is 4.74 Å². The van der Waals surface area contributed by atoms with Gasteiger partial charge in [-0.2, -0.15) is 5.26 Å². The van der Waals surface area contributed by atoms with E-state index in [4.69, 9.17) is 10.00 Å². The van der Waals surface area contributed by atoms with E-state index in [9.17, 15) is 0 Å². The third-order valence-electron chi connectivity index (χ3n) is 1.83. The lowest BCUT2D eigenvalue weighted by Gasteiger charge is -2.09. The van der Waals surface area contributed by atoms with Crippen LogP contribution < -0.4 is 4.74 Å². The highest BCUT2D eigenvalue weighted by molar-refractivity contribution is 9.10. The summed E-state index contributed by atoms with van der Waals surface area (Å²) in [4.78, 5) is 4.15. The van der Waals surface area contributed by atoms with Gasteiger partial charge in [0.2, 0.25) is 0 Å². The molecular weight excluding hydrogens is 232 g/mol. The van der Waals surface area contributed by atoms with Crippen LogP contribution in [-0.4, -0.2) is 12.1 Å². The van der Waals surface area contributed by atoms with Gasteiger partial charge >= 0.3 is 0 Å². The normalized spacial score (nSPS) is 9.46. The van der Waals surface area contributed by atoms with E-state index >= 15 is 0 Å². The number of rotatable bonds is 1. The maximum absolute atomic E-state index is 8.83. The van der Waals surface area contributed by atoms with E-state index in [-0.39, 0.29) is 0 Å². The number of hydrogen-bond acceptors (Lipinski definition) is 3. The summed E-state index contributed by atoms with van der Waals surface area (Å²) in [6.07, 6.45) is 0. The fraction of sp³-hybridized carbons (Fsp3) is 0.333. The Morgan fingerprint density at radius 1 is 1.46 bits per heavy atom. The first-order valence-electron chi connectivity index (χ1n) is 3.72. The van der Waals surface area contributed by atoms with Gasteiger partial charge in [0.15, 0.2) is 0 Å². The predicted octanol–water partition coefficient (Wildman–Crippen LogP) is 2.34. The maximum Gasteiger partial charge on any atom is 0.144 e. The Balaban J connectivity index is 3.51. The molecule has 4 heteroatoms. The third kappa shape index (κ3) is 1.65. The minimum absolute atomic E-state index is 0.530. The topological polar surface area (TPSA) is 45.9 Å². The fourth-order valence-corrected chi connectivity index (χ4v) is 1.88. The van der Waals surface area contributed by atoms with Gasteiger partial charge in [-0.3, -0.25) is 0 Å². The summed E-state index contributed by atoms with van der Waals surface area (Å²) in [6, 6.07) is 2.08. The van der Waals surface area contributed by atoms with Gasteiger partial charge in [0.25, 0.3) is 0 Å². The highest BCUT2D eigenvalue weighted by Crippen LogP contribution is 2.28. The fourth-order valence-electron chi connectivity index (χ4n) is 1.22. The van der Waals surface area contributed by atoms with E-state index in [1.165, 1.54) is 0 Å². The molecular formula is C9H9BrN2O. The second-order valence-electron chi connectivity index (χ2n) is 2.63. The number of nitrogens with zero attached hydrogens (tertiary/aromatic N) is 2. The average molecular weight is 241 g/mol. The quantitative estimate of drug-likeness (QED) is 0.709. The molecule has 0 saturated carbocycles. The van der Waals surface area contributed by atoms with Crippen LogP contribution >= 0.6 is 15.9 Å². The minimum atomic E-state index is 0.530. The van der Waals surface area contributed by atoms with E-state index in [0.29, 0.717) is 15.9 Å². The highest BCUT2D eigenvalue weighted by Gasteiger charge is 2.12. The number of aryl methyl sites for hydroxylation is 1. The number of halogens is 1. The molecule has 3 nitrogen and oxygen atoms in total. The Hall–Kier alpha value is -1.08. The van der Waals surface area contributed by atoms with Crippen molar-refractivity contribution in [3.05, 3.63) is 21.4 Å². The highest BCUT2D eigenvalue weighted by atomic mass is 79.9. The summed E-state index contributed by atoms with van der Waals surface area (Å²) in [6.45, 7) is 3.69. The van der Waals surface area contributed by atoms with Crippen molar-refractivity contribution in [2.24, 2.45) is 0 Å². The molecule has 68 valence electrons. The smallest absolute Gasteiger partial charge is 0.144 e. The predicted molar refractivity (Wildman–Crippen MR) is 52.7 cm³/mol. The lowest BCUT2D eigenvalue weighted by atomic mass is 10.1. The molecule has 0 aliphatic carbocycles. The van der Waals surface area contributed by atoms with Gasteiger partial charge in [-0.1, -0.05) is 0 Å². The summed E-state index contributed by atoms with van der Waals surface area (Å²) in [5.41, 5.74) is 2.14. The summed E-state index contributed by atoms with van der Waals surface area (Å²) in [5, 5.41) is 8.83. The molecule has 0 aliphatic rings. The second-order valence-corrected chi connectivity index (χ2v) is 3.38. The summed E-state index contributed by atoms with van der Waals surface area (Å²) in [5.74, 6) is 0.680. The van der Waals surface area contributed by atoms with Gasteiger partial charge in [-0.15, -0.1) is 0 Å². The van der Waals surface area contributed by atoms with E-state index in [1.54, 1.807) is 7.11 Å². The first-order valence-corrected chi connectivity index (χ1v) is 4.52. The third-order valence-corrected chi connectivity index (χ3v) is 2.41. The molecule has 0 fully saturated rings. The zero-order valence-electron chi connectivity index (χ0n) is 7.68. The molecule has 0 amide bonds. The summed E-state index contributed by atoms with van der Waals surface area (Å²) < 4.78 is 5.71. The van der Waals surface area contributed by atoms with Crippen LogP contribution in [0, 0.1) is 25.2 Å². The molecule has 0 aliphatic heterocycles. The molecule has 1 heterocycles. The van der Waals surface area contributed by atoms with E-state index in [2.05, 4.69) is 27.0 Å². The van der Waals surface area contributed by atoms with Crippen molar-refractivity contribution in [3.8, 4) is 11.8 Å². The average Bonchev–Trinajstić information content (AvgIpc) is 2.04. The number of hydrogen-bond donors (Lipinski definition) is 0. The monoisotopic (exact) mass is 240 g/mol. The molecule has 0 bridgehead atoms. The molecule has 0 saturated heterocycles. The molecule has 0 radical (unpaired) electrons. The van der Waals surface area contributed by atoms with Crippen molar-refractivity contribution >= 4 is 15.9 Å². The van der Waals surface area contributed by atoms with Gasteiger partial charge in [0.1, 0.15) is 16.4 Å². The lowest BCUT2D eigenvalue weighted by Crippen LogP contribution is -1.98. The van der Waals surface area contributed by atoms with E-state index in [0.717, 1.165) is 11.3 Å². The maximum atomic E-state index is 8.83. The molecule has 0 N–H and O–H groups in total. The molecule has 1 aromatic heterocycles. The van der Waals surface area contributed by atoms with E-state index in [1.807, 2.05) is 13.8 Å². The molecule has 0 unspecified atom stereocenters. The first-order chi connectivity index (χ1) is 6.11. The van der Waals surface area contributed by atoms with Gasteiger partial charge in [-0.05, 0) is 29.8 Å². The van der Waals surface area contributed by atoms with Crippen molar-refractivity contribution in [1.29, 1.82) is 5.26 Å². The minimum Gasteiger partial charge on any atom is -0.495 e. The van der Waals surface area contributed by atoms with Crippen molar-refractivity contribution in [2.75, 3.05) is 7.11 Å². The van der Waals surface area contributed by atoms with Crippen LogP contribution in [0.5, 0.6) is 5.75 Å². The molecule has 13 heavy (non-hydrogen) atoms. The number of pyridine rings is 1. The first kappa shape index (κ1) is 10.0. The lowest BCUT2D eigenvalue weighted by molar-refractivity contribution is 0.405. The molecule has 1 aromatic rings. The van der Waals surface area contributed by atoms with Gasteiger partial charge in [-0.25, -0.2) is 4.98 Å². The van der Waals surface area contributed by atoms with Crippen LogP contribution in [-0.2, 0) is 0 Å². The zero-order chi connectivity index (χ0) is 10.0. The van der Waals surface area contributed by atoms with Crippen LogP contribution in [0.15, 0.2) is 4.60 Å². The van der Waals surface area contributed by atoms with Gasteiger partial charge in [0, 0.05) is 5.56 Å². The Labute approximate surface area is 85.5 Å². The number of nitriles is 1. The van der Waals surface area contributed by atoms with Gasteiger partial charge in [0.05, 0.1) is 18.4 Å². The molecule has 0 aromatic carbocycles. The van der Waals surface area contributed by atoms with E-state index < -0.39 is 0 Å². The van der Waals surface area contributed by atoms with Crippen molar-refractivity contribution in [3.63, 3.8) is 0 Å². The Bertz CT molecular complexity index is 382. The Kier molecular flexibility index (Phi) is 2.89. The molecule has 0 spiro atoms. The van der Waals surface area contributed by atoms with Crippen molar-refractivity contribution < 1.29 is 4.74 Å². The van der Waals surface area contributed by atoms with Crippen molar-refractivity contribution in [2.45, 2.75) is 13.8 Å². The summed E-state index contributed by atoms with van der Waals surface area (Å²) in [7, 11) is 1.58. The second kappa shape index (κ2) is 3.75. The zero-order valence-corrected chi connectivity index (χ0v) is 9.27. The Morgan fingerprint density at radius 2 is 2.08 bits per heavy atom. The SMILES string of the molecule is COc1c(C)nc(Br)c(C#N)c1C. The number of methoxy groups -OCH3 is 1. The molecule has 0 atom stereocenters. The van der Waals surface area contributed by atoms with Crippen LogP contribution in [0.3, 0.4) is 0 Å². The van der Waals surface area contributed by atoms with Crippen LogP contribution in [0.2, 0.25) is 0 Å². The largest absolute Gasteiger partial charge is 0.495 e.